The molecule has 1 atom stereocenters. The van der Waals surface area contributed by atoms with Gasteiger partial charge in [0.25, 0.3) is 5.91 Å². The summed E-state index contributed by atoms with van der Waals surface area (Å²) in [5.41, 5.74) is 0.910. The molecule has 1 fully saturated rings. The Kier molecular flexibility index (Phi) is 4.95. The Morgan fingerprint density at radius 2 is 2.25 bits per heavy atom. The Balaban J connectivity index is 2.09. The van der Waals surface area contributed by atoms with Crippen LogP contribution in [0, 0.1) is 6.92 Å². The van der Waals surface area contributed by atoms with Crippen LogP contribution in [0.5, 0.6) is 0 Å². The Morgan fingerprint density at radius 1 is 1.45 bits per heavy atom. The average molecular weight is 278 g/mol. The Bertz CT molecular complexity index is 518. The van der Waals surface area contributed by atoms with Crippen LogP contribution >= 0.6 is 0 Å². The van der Waals surface area contributed by atoms with Crippen LogP contribution in [-0.4, -0.2) is 41.6 Å². The van der Waals surface area contributed by atoms with Gasteiger partial charge in [-0.1, -0.05) is 0 Å². The lowest BCUT2D eigenvalue weighted by Crippen LogP contribution is -2.40. The third-order valence-corrected chi connectivity index (χ3v) is 3.57. The molecule has 1 aliphatic rings. The second-order valence-electron chi connectivity index (χ2n) is 5.25. The highest BCUT2D eigenvalue weighted by molar-refractivity contribution is 5.92. The number of carbonyl (C=O) groups is 1. The highest BCUT2D eigenvalue weighted by Gasteiger charge is 2.22. The minimum atomic E-state index is -0.144. The summed E-state index contributed by atoms with van der Waals surface area (Å²) in [6.07, 6.45) is 3.36. The maximum absolute atomic E-state index is 12.5. The Hall–Kier alpha value is -1.62. The third kappa shape index (κ3) is 3.70. The van der Waals surface area contributed by atoms with Gasteiger partial charge in [0.1, 0.15) is 5.69 Å². The van der Waals surface area contributed by atoms with Gasteiger partial charge >= 0.3 is 0 Å². The quantitative estimate of drug-likeness (QED) is 0.912. The second kappa shape index (κ2) is 6.70. The van der Waals surface area contributed by atoms with Crippen LogP contribution in [0.3, 0.4) is 0 Å². The van der Waals surface area contributed by atoms with Crippen LogP contribution in [0.2, 0.25) is 0 Å². The molecule has 0 radical (unpaired) electrons. The molecule has 110 valence electrons. The SMILES string of the molecule is CCN(C[C@@H]1CCCCO1)C(=O)c1cc(=O)cc(C)[nH]1. The van der Waals surface area contributed by atoms with Gasteiger partial charge in [0.15, 0.2) is 5.43 Å². The lowest BCUT2D eigenvalue weighted by molar-refractivity contribution is -0.00323. The molecule has 0 spiro atoms. The van der Waals surface area contributed by atoms with E-state index in [1.807, 2.05) is 6.92 Å². The van der Waals surface area contributed by atoms with Crippen LogP contribution in [-0.2, 0) is 4.74 Å². The number of nitrogens with zero attached hydrogens (tertiary/aromatic N) is 1. The van der Waals surface area contributed by atoms with Crippen LogP contribution in [0.4, 0.5) is 0 Å². The summed E-state index contributed by atoms with van der Waals surface area (Å²) in [6.45, 7) is 5.69. The molecule has 5 nitrogen and oxygen atoms in total. The number of H-pyrrole nitrogens is 1. The third-order valence-electron chi connectivity index (χ3n) is 3.57. The molecule has 0 saturated carbocycles. The second-order valence-corrected chi connectivity index (χ2v) is 5.25. The number of aromatic amines is 1. The van der Waals surface area contributed by atoms with Gasteiger partial charge in [-0.25, -0.2) is 0 Å². The van der Waals surface area contributed by atoms with E-state index in [9.17, 15) is 9.59 Å². The van der Waals surface area contributed by atoms with Crippen LogP contribution in [0.25, 0.3) is 0 Å². The summed E-state index contributed by atoms with van der Waals surface area (Å²) in [5.74, 6) is -0.137. The van der Waals surface area contributed by atoms with E-state index in [4.69, 9.17) is 4.74 Å². The lowest BCUT2D eigenvalue weighted by atomic mass is 10.1. The first kappa shape index (κ1) is 14.8. The van der Waals surface area contributed by atoms with Crippen LogP contribution in [0.1, 0.15) is 42.4 Å². The molecule has 1 amide bonds. The largest absolute Gasteiger partial charge is 0.376 e. The first-order valence-corrected chi connectivity index (χ1v) is 7.22. The van der Waals surface area contributed by atoms with Gasteiger partial charge in [0.05, 0.1) is 6.10 Å². The molecule has 0 aliphatic carbocycles. The van der Waals surface area contributed by atoms with E-state index >= 15 is 0 Å². The predicted octanol–water partition coefficient (Wildman–Crippen LogP) is 1.71. The van der Waals surface area contributed by atoms with Gasteiger partial charge in [0, 0.05) is 37.5 Å². The van der Waals surface area contributed by atoms with Crippen molar-refractivity contribution in [3.8, 4) is 0 Å². The van der Waals surface area contributed by atoms with Gasteiger partial charge in [-0.3, -0.25) is 9.59 Å². The number of hydrogen-bond acceptors (Lipinski definition) is 3. The monoisotopic (exact) mass is 278 g/mol. The van der Waals surface area contributed by atoms with Crippen molar-refractivity contribution < 1.29 is 9.53 Å². The molecule has 1 aromatic rings. The summed E-state index contributed by atoms with van der Waals surface area (Å²) in [6, 6.07) is 2.84. The maximum atomic E-state index is 12.5. The number of rotatable bonds is 4. The fraction of sp³-hybridized carbons (Fsp3) is 0.600. The Labute approximate surface area is 118 Å². The number of ether oxygens (including phenoxy) is 1. The molecule has 0 bridgehead atoms. The van der Waals surface area contributed by atoms with E-state index in [0.717, 1.165) is 25.9 Å². The molecule has 1 saturated heterocycles. The molecule has 1 N–H and O–H groups in total. The van der Waals surface area contributed by atoms with E-state index in [1.54, 1.807) is 11.8 Å². The van der Waals surface area contributed by atoms with Crippen LogP contribution in [0.15, 0.2) is 16.9 Å². The van der Waals surface area contributed by atoms with E-state index in [0.29, 0.717) is 24.5 Å². The number of aromatic nitrogens is 1. The first-order valence-electron chi connectivity index (χ1n) is 7.22. The van der Waals surface area contributed by atoms with Crippen molar-refractivity contribution in [2.75, 3.05) is 19.7 Å². The molecular weight excluding hydrogens is 256 g/mol. The fourth-order valence-corrected chi connectivity index (χ4v) is 2.52. The zero-order chi connectivity index (χ0) is 14.5. The van der Waals surface area contributed by atoms with Gasteiger partial charge in [0.2, 0.25) is 0 Å². The standard InChI is InChI=1S/C15H22N2O3/c1-3-17(10-13-6-4-5-7-20-13)15(19)14-9-12(18)8-11(2)16-14/h8-9,13H,3-7,10H2,1-2H3,(H,16,18)/t13-/m0/s1. The molecule has 2 heterocycles. The smallest absolute Gasteiger partial charge is 0.270 e. The molecule has 5 heteroatoms. The maximum Gasteiger partial charge on any atom is 0.270 e. The van der Waals surface area contributed by atoms with Crippen molar-refractivity contribution in [2.45, 2.75) is 39.2 Å². The average Bonchev–Trinajstić information content (AvgIpc) is 2.44. The van der Waals surface area contributed by atoms with E-state index in [2.05, 4.69) is 4.98 Å². The van der Waals surface area contributed by atoms with Gasteiger partial charge < -0.3 is 14.6 Å². The summed E-state index contributed by atoms with van der Waals surface area (Å²) >= 11 is 0. The van der Waals surface area contributed by atoms with E-state index in [1.165, 1.54) is 12.1 Å². The summed E-state index contributed by atoms with van der Waals surface area (Å²) in [7, 11) is 0. The van der Waals surface area contributed by atoms with Gasteiger partial charge in [-0.15, -0.1) is 0 Å². The Morgan fingerprint density at radius 3 is 2.85 bits per heavy atom. The predicted molar refractivity (Wildman–Crippen MR) is 77.0 cm³/mol. The van der Waals surface area contributed by atoms with Crippen molar-refractivity contribution >= 4 is 5.91 Å². The topological polar surface area (TPSA) is 62.4 Å². The van der Waals surface area contributed by atoms with Gasteiger partial charge in [-0.05, 0) is 33.1 Å². The minimum Gasteiger partial charge on any atom is -0.376 e. The molecule has 20 heavy (non-hydrogen) atoms. The fourth-order valence-electron chi connectivity index (χ4n) is 2.52. The highest BCUT2D eigenvalue weighted by Crippen LogP contribution is 2.14. The summed E-state index contributed by atoms with van der Waals surface area (Å²) < 4.78 is 5.68. The van der Waals surface area contributed by atoms with E-state index in [-0.39, 0.29) is 17.4 Å². The van der Waals surface area contributed by atoms with Crippen molar-refractivity contribution in [2.24, 2.45) is 0 Å². The zero-order valence-corrected chi connectivity index (χ0v) is 12.1. The number of amides is 1. The summed E-state index contributed by atoms with van der Waals surface area (Å²) in [5, 5.41) is 0. The number of likely N-dealkylation sites (N-methyl/N-ethyl adjacent to an activating group) is 1. The van der Waals surface area contributed by atoms with E-state index < -0.39 is 0 Å². The molecule has 0 unspecified atom stereocenters. The molecule has 1 aromatic heterocycles. The molecule has 0 aromatic carbocycles. The van der Waals surface area contributed by atoms with Crippen molar-refractivity contribution in [3.63, 3.8) is 0 Å². The minimum absolute atomic E-state index is 0.115. The molecule has 2 rings (SSSR count). The molecule has 1 aliphatic heterocycles. The van der Waals surface area contributed by atoms with Crippen molar-refractivity contribution in [1.29, 1.82) is 0 Å². The zero-order valence-electron chi connectivity index (χ0n) is 12.1. The van der Waals surface area contributed by atoms with Gasteiger partial charge in [-0.2, -0.15) is 0 Å². The number of aryl methyl sites for hydroxylation is 1. The highest BCUT2D eigenvalue weighted by atomic mass is 16.5. The summed E-state index contributed by atoms with van der Waals surface area (Å²) in [4.78, 5) is 28.7. The first-order chi connectivity index (χ1) is 9.60. The number of carbonyl (C=O) groups excluding carboxylic acids is 1. The number of nitrogens with one attached hydrogen (secondary N) is 1. The van der Waals surface area contributed by atoms with Crippen LogP contribution < -0.4 is 5.43 Å². The normalized spacial score (nSPS) is 18.8. The van der Waals surface area contributed by atoms with Crippen molar-refractivity contribution in [1.82, 2.24) is 9.88 Å². The number of pyridine rings is 1. The lowest BCUT2D eigenvalue weighted by Gasteiger charge is -2.29. The molecular formula is C15H22N2O3. The van der Waals surface area contributed by atoms with Crippen molar-refractivity contribution in [3.05, 3.63) is 33.7 Å². The number of hydrogen-bond donors (Lipinski definition) is 1.